The van der Waals surface area contributed by atoms with Gasteiger partial charge in [-0.2, -0.15) is 0 Å². The summed E-state index contributed by atoms with van der Waals surface area (Å²) in [5.41, 5.74) is 0. The van der Waals surface area contributed by atoms with E-state index in [4.69, 9.17) is 0 Å². The Morgan fingerprint density at radius 2 is 2.27 bits per heavy atom. The normalized spacial score (nSPS) is 39.2. The van der Waals surface area contributed by atoms with E-state index in [0.717, 1.165) is 12.8 Å². The molecule has 0 aromatic heterocycles. The second kappa shape index (κ2) is 2.27. The summed E-state index contributed by atoms with van der Waals surface area (Å²) < 4.78 is -0.549. The van der Waals surface area contributed by atoms with Gasteiger partial charge in [-0.1, -0.05) is 0 Å². The third kappa shape index (κ3) is 1.07. The second-order valence-corrected chi connectivity index (χ2v) is 3.32. The molecule has 1 amide bonds. The standard InChI is InChI=1S/C7H12N2O2/c10-7-5-8-3-4-9(7,11)6-1-2-6/h6,8H,1-5H2. The average molecular weight is 156 g/mol. The molecule has 62 valence electrons. The third-order valence-electron chi connectivity index (χ3n) is 2.46. The van der Waals surface area contributed by atoms with Crippen molar-refractivity contribution in [1.29, 1.82) is 0 Å². The maximum atomic E-state index is 11.8. The van der Waals surface area contributed by atoms with E-state index in [1.807, 2.05) is 0 Å². The quantitative estimate of drug-likeness (QED) is 0.415. The Balaban J connectivity index is 2.12. The molecule has 0 bridgehead atoms. The monoisotopic (exact) mass is 156 g/mol. The molecule has 1 aliphatic heterocycles. The van der Waals surface area contributed by atoms with Crippen molar-refractivity contribution in [1.82, 2.24) is 5.32 Å². The Hall–Kier alpha value is -0.450. The van der Waals surface area contributed by atoms with E-state index in [1.54, 1.807) is 0 Å². The van der Waals surface area contributed by atoms with Gasteiger partial charge in [0.15, 0.2) is 0 Å². The fourth-order valence-electron chi connectivity index (χ4n) is 1.58. The van der Waals surface area contributed by atoms with Crippen LogP contribution >= 0.6 is 0 Å². The van der Waals surface area contributed by atoms with Gasteiger partial charge >= 0.3 is 5.91 Å². The highest BCUT2D eigenvalue weighted by atomic mass is 16.6. The number of carbonyl (C=O) groups is 1. The van der Waals surface area contributed by atoms with E-state index >= 15 is 0 Å². The van der Waals surface area contributed by atoms with Crippen molar-refractivity contribution in [2.24, 2.45) is 0 Å². The second-order valence-electron chi connectivity index (χ2n) is 3.32. The third-order valence-corrected chi connectivity index (χ3v) is 2.46. The molecule has 0 aromatic carbocycles. The van der Waals surface area contributed by atoms with Gasteiger partial charge in [0.25, 0.3) is 0 Å². The zero-order valence-corrected chi connectivity index (χ0v) is 6.38. The number of rotatable bonds is 1. The van der Waals surface area contributed by atoms with Gasteiger partial charge in [-0.25, -0.2) is 4.79 Å². The highest BCUT2D eigenvalue weighted by molar-refractivity contribution is 5.72. The molecule has 4 nitrogen and oxygen atoms in total. The molecule has 1 saturated carbocycles. The molecular weight excluding hydrogens is 144 g/mol. The minimum Gasteiger partial charge on any atom is -0.625 e. The van der Waals surface area contributed by atoms with Crippen LogP contribution in [0.3, 0.4) is 0 Å². The Labute approximate surface area is 65.3 Å². The van der Waals surface area contributed by atoms with Crippen LogP contribution in [0.25, 0.3) is 0 Å². The topological polar surface area (TPSA) is 52.2 Å². The number of hydrogen-bond acceptors (Lipinski definition) is 3. The first-order valence-corrected chi connectivity index (χ1v) is 4.06. The highest BCUT2D eigenvalue weighted by Gasteiger charge is 2.44. The molecule has 1 aliphatic carbocycles. The Morgan fingerprint density at radius 3 is 2.82 bits per heavy atom. The van der Waals surface area contributed by atoms with Crippen molar-refractivity contribution >= 4 is 5.91 Å². The minimum atomic E-state index is -0.549. The molecule has 2 fully saturated rings. The summed E-state index contributed by atoms with van der Waals surface area (Å²) in [7, 11) is 0. The molecule has 0 radical (unpaired) electrons. The number of nitrogens with zero attached hydrogens (tertiary/aromatic N) is 1. The molecule has 0 aromatic rings. The fraction of sp³-hybridized carbons (Fsp3) is 0.857. The van der Waals surface area contributed by atoms with E-state index in [2.05, 4.69) is 5.32 Å². The van der Waals surface area contributed by atoms with Crippen LogP contribution in [-0.2, 0) is 4.79 Å². The van der Waals surface area contributed by atoms with Crippen molar-refractivity contribution in [2.45, 2.75) is 18.9 Å². The summed E-state index contributed by atoms with van der Waals surface area (Å²) in [5, 5.41) is 14.7. The molecule has 2 aliphatic rings. The first-order valence-electron chi connectivity index (χ1n) is 4.06. The number of quaternary nitrogens is 1. The number of carbonyl (C=O) groups excluding carboxylic acids is 1. The van der Waals surface area contributed by atoms with Crippen LogP contribution in [0.15, 0.2) is 0 Å². The lowest BCUT2D eigenvalue weighted by atomic mass is 10.3. The Morgan fingerprint density at radius 1 is 1.55 bits per heavy atom. The summed E-state index contributed by atoms with van der Waals surface area (Å²) in [6.45, 7) is 1.38. The van der Waals surface area contributed by atoms with Crippen LogP contribution in [0.1, 0.15) is 12.8 Å². The summed E-state index contributed by atoms with van der Waals surface area (Å²) in [5.74, 6) is -0.182. The average Bonchev–Trinajstić information content (AvgIpc) is 2.77. The molecule has 1 N–H and O–H groups in total. The minimum absolute atomic E-state index is 0.101. The fourth-order valence-corrected chi connectivity index (χ4v) is 1.58. The van der Waals surface area contributed by atoms with Gasteiger partial charge in [-0.15, -0.1) is 0 Å². The van der Waals surface area contributed by atoms with E-state index in [9.17, 15) is 10.0 Å². The first-order chi connectivity index (χ1) is 5.23. The molecule has 4 heteroatoms. The van der Waals surface area contributed by atoms with Crippen LogP contribution in [0.2, 0.25) is 0 Å². The zero-order valence-electron chi connectivity index (χ0n) is 6.38. The van der Waals surface area contributed by atoms with Crippen LogP contribution < -0.4 is 5.32 Å². The number of amides is 1. The molecule has 1 heterocycles. The van der Waals surface area contributed by atoms with Gasteiger partial charge < -0.3 is 5.21 Å². The van der Waals surface area contributed by atoms with E-state index < -0.39 is 4.65 Å². The molecular formula is C7H12N2O2. The molecule has 0 spiro atoms. The maximum absolute atomic E-state index is 11.8. The predicted molar refractivity (Wildman–Crippen MR) is 39.4 cm³/mol. The van der Waals surface area contributed by atoms with Gasteiger partial charge in [0.2, 0.25) is 0 Å². The smallest absolute Gasteiger partial charge is 0.327 e. The van der Waals surface area contributed by atoms with Gasteiger partial charge in [-0.3, -0.25) is 9.96 Å². The number of hydrogen-bond donors (Lipinski definition) is 1. The summed E-state index contributed by atoms with van der Waals surface area (Å²) in [4.78, 5) is 11.2. The molecule has 2 rings (SSSR count). The summed E-state index contributed by atoms with van der Waals surface area (Å²) >= 11 is 0. The predicted octanol–water partition coefficient (Wildman–Crippen LogP) is -0.407. The maximum Gasteiger partial charge on any atom is 0.327 e. The van der Waals surface area contributed by atoms with E-state index in [1.165, 1.54) is 0 Å². The largest absolute Gasteiger partial charge is 0.625 e. The van der Waals surface area contributed by atoms with E-state index in [0.29, 0.717) is 13.1 Å². The number of nitrogens with one attached hydrogen (secondary N) is 1. The van der Waals surface area contributed by atoms with Crippen molar-refractivity contribution in [3.8, 4) is 0 Å². The van der Waals surface area contributed by atoms with Gasteiger partial charge in [-0.05, 0) is 0 Å². The Bertz CT molecular complexity index is 191. The van der Waals surface area contributed by atoms with Crippen molar-refractivity contribution in [2.75, 3.05) is 19.6 Å². The number of piperazine rings is 1. The molecule has 1 unspecified atom stereocenters. The van der Waals surface area contributed by atoms with Gasteiger partial charge in [0.1, 0.15) is 6.54 Å². The molecule has 11 heavy (non-hydrogen) atoms. The van der Waals surface area contributed by atoms with Crippen molar-refractivity contribution in [3.05, 3.63) is 5.21 Å². The molecule has 1 atom stereocenters. The van der Waals surface area contributed by atoms with Crippen LogP contribution in [-0.4, -0.2) is 36.2 Å². The van der Waals surface area contributed by atoms with E-state index in [-0.39, 0.29) is 18.5 Å². The molecule has 1 saturated heterocycles. The highest BCUT2D eigenvalue weighted by Crippen LogP contribution is 2.33. The summed E-state index contributed by atoms with van der Waals surface area (Å²) in [6, 6.07) is 0.101. The lowest BCUT2D eigenvalue weighted by molar-refractivity contribution is -0.817. The first kappa shape index (κ1) is 7.21. The van der Waals surface area contributed by atoms with Crippen molar-refractivity contribution < 1.29 is 9.44 Å². The lowest BCUT2D eigenvalue weighted by Crippen LogP contribution is -2.60. The van der Waals surface area contributed by atoms with Gasteiger partial charge in [0.05, 0.1) is 12.6 Å². The van der Waals surface area contributed by atoms with Gasteiger partial charge in [0, 0.05) is 19.4 Å². The SMILES string of the molecule is O=C1CNCC[N+]1([O-])C1CC1. The zero-order chi connectivity index (χ0) is 7.90. The Kier molecular flexibility index (Phi) is 1.49. The summed E-state index contributed by atoms with van der Waals surface area (Å²) in [6.07, 6.45) is 1.88. The van der Waals surface area contributed by atoms with Crippen LogP contribution in [0.5, 0.6) is 0 Å². The van der Waals surface area contributed by atoms with Crippen LogP contribution in [0, 0.1) is 5.21 Å². The van der Waals surface area contributed by atoms with Crippen LogP contribution in [0.4, 0.5) is 0 Å². The number of hydroxylamine groups is 3. The van der Waals surface area contributed by atoms with Crippen molar-refractivity contribution in [3.63, 3.8) is 0 Å². The lowest BCUT2D eigenvalue weighted by Gasteiger charge is -2.42.